The number of carbonyl (C=O) groups is 2. The van der Waals surface area contributed by atoms with Gasteiger partial charge in [-0.3, -0.25) is 0 Å². The van der Waals surface area contributed by atoms with Crippen LogP contribution in [0, 0.1) is 0 Å². The average molecular weight is 364 g/mol. The summed E-state index contributed by atoms with van der Waals surface area (Å²) in [7, 11) is 2.99. The maximum atomic E-state index is 11.9. The first kappa shape index (κ1) is 17.0. The molecule has 0 saturated heterocycles. The quantitative estimate of drug-likeness (QED) is 0.768. The van der Waals surface area contributed by atoms with Crippen LogP contribution in [0.3, 0.4) is 0 Å². The van der Waals surface area contributed by atoms with Gasteiger partial charge in [0.25, 0.3) is 0 Å². The Hall–Kier alpha value is -1.08. The van der Waals surface area contributed by atoms with Gasteiger partial charge in [0, 0.05) is 16.4 Å². The van der Waals surface area contributed by atoms with E-state index in [1.165, 1.54) is 23.3 Å². The Morgan fingerprint density at radius 3 is 2.50 bits per heavy atom. The summed E-state index contributed by atoms with van der Waals surface area (Å²) in [4.78, 5) is 26.1. The van der Waals surface area contributed by atoms with Gasteiger partial charge in [-0.2, -0.15) is 0 Å². The zero-order valence-electron chi connectivity index (χ0n) is 12.2. The number of carbonyl (C=O) groups excluding carboxylic acids is 2. The lowest BCUT2D eigenvalue weighted by molar-refractivity contribution is 0.0286. The van der Waals surface area contributed by atoms with Crippen molar-refractivity contribution in [3.8, 4) is 0 Å². The van der Waals surface area contributed by atoms with Gasteiger partial charge in [-0.15, -0.1) is 11.3 Å². The molecule has 0 radical (unpaired) electrons. The minimum Gasteiger partial charge on any atom is -0.465 e. The molecule has 0 aliphatic rings. The third-order valence-electron chi connectivity index (χ3n) is 2.23. The fourth-order valence-corrected chi connectivity index (χ4v) is 3.11. The van der Waals surface area contributed by atoms with Crippen molar-refractivity contribution in [2.24, 2.45) is 0 Å². The topological polar surface area (TPSA) is 55.8 Å². The molecule has 7 heteroatoms. The molecule has 0 aliphatic carbocycles. The second-order valence-corrected chi connectivity index (χ2v) is 7.20. The van der Waals surface area contributed by atoms with Gasteiger partial charge in [0.1, 0.15) is 10.5 Å². The number of nitrogens with zero attached hydrogens (tertiary/aromatic N) is 1. The molecule has 0 atom stereocenters. The smallest absolute Gasteiger partial charge is 0.410 e. The van der Waals surface area contributed by atoms with Crippen molar-refractivity contribution < 1.29 is 19.1 Å². The van der Waals surface area contributed by atoms with E-state index in [1.807, 2.05) is 20.8 Å². The largest absolute Gasteiger partial charge is 0.465 e. The summed E-state index contributed by atoms with van der Waals surface area (Å²) >= 11 is 4.66. The summed E-state index contributed by atoms with van der Waals surface area (Å²) in [5, 5.41) is 0. The van der Waals surface area contributed by atoms with E-state index in [1.54, 1.807) is 13.1 Å². The minimum absolute atomic E-state index is 0.358. The van der Waals surface area contributed by atoms with Gasteiger partial charge in [0.15, 0.2) is 0 Å². The summed E-state index contributed by atoms with van der Waals surface area (Å²) < 4.78 is 10.7. The van der Waals surface area contributed by atoms with Crippen LogP contribution < -0.4 is 0 Å². The Labute approximate surface area is 131 Å². The lowest BCUT2D eigenvalue weighted by Gasteiger charge is -2.24. The van der Waals surface area contributed by atoms with Crippen molar-refractivity contribution in [2.45, 2.75) is 32.9 Å². The van der Waals surface area contributed by atoms with Crippen molar-refractivity contribution in [1.29, 1.82) is 0 Å². The van der Waals surface area contributed by atoms with Crippen molar-refractivity contribution in [3.63, 3.8) is 0 Å². The molecule has 5 nitrogen and oxygen atoms in total. The highest BCUT2D eigenvalue weighted by molar-refractivity contribution is 9.10. The number of thiophene rings is 1. The second kappa shape index (κ2) is 6.58. The first-order chi connectivity index (χ1) is 9.14. The van der Waals surface area contributed by atoms with Crippen LogP contribution in [0.5, 0.6) is 0 Å². The minimum atomic E-state index is -0.533. The highest BCUT2D eigenvalue weighted by Crippen LogP contribution is 2.29. The standard InChI is InChI=1S/C13H18BrNO4S/c1-13(2,3)19-12(17)15(4)7-10-8(14)6-9(20-10)11(16)18-5/h6H,7H2,1-5H3. The molecule has 0 fully saturated rings. The van der Waals surface area contributed by atoms with Crippen molar-refractivity contribution >= 4 is 39.3 Å². The zero-order chi connectivity index (χ0) is 15.5. The molecule has 0 unspecified atom stereocenters. The molecule has 1 heterocycles. The third-order valence-corrected chi connectivity index (χ3v) is 4.30. The van der Waals surface area contributed by atoms with Gasteiger partial charge >= 0.3 is 12.1 Å². The van der Waals surface area contributed by atoms with Gasteiger partial charge in [-0.25, -0.2) is 9.59 Å². The summed E-state index contributed by atoms with van der Waals surface area (Å²) in [5.41, 5.74) is -0.533. The van der Waals surface area contributed by atoms with Crippen LogP contribution in [0.4, 0.5) is 4.79 Å². The highest BCUT2D eigenvalue weighted by atomic mass is 79.9. The molecule has 20 heavy (non-hydrogen) atoms. The lowest BCUT2D eigenvalue weighted by Crippen LogP contribution is -2.33. The van der Waals surface area contributed by atoms with Crippen LogP contribution in [-0.2, 0) is 16.0 Å². The van der Waals surface area contributed by atoms with E-state index in [0.717, 1.165) is 9.35 Å². The van der Waals surface area contributed by atoms with Crippen LogP contribution in [0.15, 0.2) is 10.5 Å². The van der Waals surface area contributed by atoms with E-state index < -0.39 is 11.7 Å². The number of hydrogen-bond acceptors (Lipinski definition) is 5. The number of halogens is 1. The fourth-order valence-electron chi connectivity index (χ4n) is 1.34. The molecular formula is C13H18BrNO4S. The predicted molar refractivity (Wildman–Crippen MR) is 81.1 cm³/mol. The second-order valence-electron chi connectivity index (χ2n) is 5.21. The third kappa shape index (κ3) is 4.79. The monoisotopic (exact) mass is 363 g/mol. The Kier molecular flexibility index (Phi) is 5.59. The molecular weight excluding hydrogens is 346 g/mol. The number of rotatable bonds is 3. The van der Waals surface area contributed by atoms with E-state index >= 15 is 0 Å². The van der Waals surface area contributed by atoms with Crippen molar-refractivity contribution in [2.75, 3.05) is 14.2 Å². The molecule has 1 amide bonds. The molecule has 1 aromatic rings. The van der Waals surface area contributed by atoms with Gasteiger partial charge in [0.05, 0.1) is 13.7 Å². The van der Waals surface area contributed by atoms with E-state index in [2.05, 4.69) is 20.7 Å². The maximum absolute atomic E-state index is 11.9. The maximum Gasteiger partial charge on any atom is 0.410 e. The van der Waals surface area contributed by atoms with Crippen LogP contribution in [0.25, 0.3) is 0 Å². The summed E-state index contributed by atoms with van der Waals surface area (Å²) in [5.74, 6) is -0.387. The number of amides is 1. The Morgan fingerprint density at radius 2 is 2.00 bits per heavy atom. The van der Waals surface area contributed by atoms with Gasteiger partial charge in [0.2, 0.25) is 0 Å². The molecule has 1 rings (SSSR count). The lowest BCUT2D eigenvalue weighted by atomic mass is 10.2. The zero-order valence-corrected chi connectivity index (χ0v) is 14.6. The summed E-state index contributed by atoms with van der Waals surface area (Å²) in [6.45, 7) is 5.80. The Balaban J connectivity index is 2.76. The van der Waals surface area contributed by atoms with Crippen molar-refractivity contribution in [3.05, 3.63) is 20.3 Å². The number of ether oxygens (including phenoxy) is 2. The van der Waals surface area contributed by atoms with Crippen LogP contribution >= 0.6 is 27.3 Å². The van der Waals surface area contributed by atoms with Crippen molar-refractivity contribution in [1.82, 2.24) is 4.90 Å². The van der Waals surface area contributed by atoms with E-state index in [9.17, 15) is 9.59 Å². The molecule has 0 spiro atoms. The predicted octanol–water partition coefficient (Wildman–Crippen LogP) is 3.66. The Morgan fingerprint density at radius 1 is 1.40 bits per heavy atom. The van der Waals surface area contributed by atoms with Gasteiger partial charge in [-0.05, 0) is 42.8 Å². The normalized spacial score (nSPS) is 11.1. The van der Waals surface area contributed by atoms with E-state index in [-0.39, 0.29) is 5.97 Å². The SMILES string of the molecule is COC(=O)c1cc(Br)c(CN(C)C(=O)OC(C)(C)C)s1. The molecule has 0 bridgehead atoms. The van der Waals surface area contributed by atoms with E-state index in [0.29, 0.717) is 11.4 Å². The first-order valence-corrected chi connectivity index (χ1v) is 7.55. The summed E-state index contributed by atoms with van der Waals surface area (Å²) in [6, 6.07) is 1.69. The molecule has 0 N–H and O–H groups in total. The molecule has 1 aromatic heterocycles. The fraction of sp³-hybridized carbons (Fsp3) is 0.538. The van der Waals surface area contributed by atoms with Gasteiger partial charge < -0.3 is 14.4 Å². The summed E-state index contributed by atoms with van der Waals surface area (Å²) in [6.07, 6.45) is -0.405. The molecule has 112 valence electrons. The van der Waals surface area contributed by atoms with Gasteiger partial charge in [-0.1, -0.05) is 0 Å². The number of methoxy groups -OCH3 is 1. The van der Waals surface area contributed by atoms with Crippen LogP contribution in [-0.4, -0.2) is 36.7 Å². The average Bonchev–Trinajstić information content (AvgIpc) is 2.67. The molecule has 0 aliphatic heterocycles. The molecule has 0 aromatic carbocycles. The van der Waals surface area contributed by atoms with E-state index in [4.69, 9.17) is 4.74 Å². The van der Waals surface area contributed by atoms with Crippen LogP contribution in [0.2, 0.25) is 0 Å². The first-order valence-electron chi connectivity index (χ1n) is 5.94. The molecule has 0 saturated carbocycles. The van der Waals surface area contributed by atoms with Crippen LogP contribution in [0.1, 0.15) is 35.3 Å². The highest BCUT2D eigenvalue weighted by Gasteiger charge is 2.21. The number of esters is 1. The number of hydrogen-bond donors (Lipinski definition) is 0. The Bertz CT molecular complexity index is 507.